The van der Waals surface area contributed by atoms with Gasteiger partial charge in [0, 0.05) is 19.8 Å². The number of sulfonamides is 1. The average molecular weight is 237 g/mol. The average Bonchev–Trinajstić information content (AvgIpc) is 2.17. The summed E-state index contributed by atoms with van der Waals surface area (Å²) in [6.45, 7) is 3.53. The van der Waals surface area contributed by atoms with Crippen molar-refractivity contribution in [3.63, 3.8) is 0 Å². The summed E-state index contributed by atoms with van der Waals surface area (Å²) in [4.78, 5) is 0. The zero-order valence-electron chi connectivity index (χ0n) is 9.03. The highest BCUT2D eigenvalue weighted by atomic mass is 32.2. The van der Waals surface area contributed by atoms with Gasteiger partial charge in [-0.2, -0.15) is 0 Å². The van der Waals surface area contributed by atoms with Crippen molar-refractivity contribution in [3.8, 4) is 0 Å². The van der Waals surface area contributed by atoms with E-state index in [2.05, 4.69) is 11.6 Å². The highest BCUT2D eigenvalue weighted by molar-refractivity contribution is 7.89. The Kier molecular flexibility index (Phi) is 4.51. The quantitative estimate of drug-likeness (QED) is 0.689. The van der Waals surface area contributed by atoms with Crippen molar-refractivity contribution in [1.82, 2.24) is 4.72 Å². The molecular formula is C9H19NO4S. The van der Waals surface area contributed by atoms with E-state index in [0.29, 0.717) is 19.8 Å². The lowest BCUT2D eigenvalue weighted by Crippen LogP contribution is -2.40. The highest BCUT2D eigenvalue weighted by Gasteiger charge is 2.28. The number of hydrogen-bond acceptors (Lipinski definition) is 4. The van der Waals surface area contributed by atoms with E-state index in [1.165, 1.54) is 0 Å². The summed E-state index contributed by atoms with van der Waals surface area (Å²) in [7, 11) is -3.31. The van der Waals surface area contributed by atoms with Gasteiger partial charge >= 0.3 is 0 Å². The van der Waals surface area contributed by atoms with Crippen molar-refractivity contribution in [2.24, 2.45) is 5.41 Å². The fourth-order valence-electron chi connectivity index (χ4n) is 1.52. The minimum Gasteiger partial charge on any atom is -0.395 e. The second-order valence-electron chi connectivity index (χ2n) is 4.29. The van der Waals surface area contributed by atoms with E-state index in [1.807, 2.05) is 0 Å². The van der Waals surface area contributed by atoms with Crippen molar-refractivity contribution in [3.05, 3.63) is 0 Å². The summed E-state index contributed by atoms with van der Waals surface area (Å²) < 4.78 is 30.4. The molecule has 6 heteroatoms. The van der Waals surface area contributed by atoms with Gasteiger partial charge in [-0.1, -0.05) is 6.92 Å². The molecule has 0 spiro atoms. The fraction of sp³-hybridized carbons (Fsp3) is 1.00. The first-order valence-corrected chi connectivity index (χ1v) is 6.79. The molecular weight excluding hydrogens is 218 g/mol. The van der Waals surface area contributed by atoms with Crippen LogP contribution in [-0.4, -0.2) is 45.6 Å². The van der Waals surface area contributed by atoms with Crippen molar-refractivity contribution >= 4 is 10.0 Å². The topological polar surface area (TPSA) is 75.6 Å². The molecule has 0 aromatic rings. The highest BCUT2D eigenvalue weighted by Crippen LogP contribution is 2.28. The maximum absolute atomic E-state index is 11.3. The summed E-state index contributed by atoms with van der Waals surface area (Å²) >= 11 is 0. The zero-order chi connectivity index (χ0) is 11.4. The normalized spacial score (nSPS) is 21.5. The van der Waals surface area contributed by atoms with Crippen LogP contribution >= 0.6 is 0 Å². The maximum Gasteiger partial charge on any atom is 0.213 e. The van der Waals surface area contributed by atoms with Gasteiger partial charge in [0.05, 0.1) is 12.4 Å². The van der Waals surface area contributed by atoms with E-state index in [0.717, 1.165) is 12.8 Å². The molecule has 1 fully saturated rings. The van der Waals surface area contributed by atoms with Crippen LogP contribution in [0.3, 0.4) is 0 Å². The second-order valence-corrected chi connectivity index (χ2v) is 6.21. The van der Waals surface area contributed by atoms with Crippen LogP contribution in [0.5, 0.6) is 0 Å². The SMILES string of the molecule is CC1(CNS(=O)(=O)CCO)CCOCC1. The molecule has 15 heavy (non-hydrogen) atoms. The number of nitrogens with one attached hydrogen (secondary N) is 1. The molecule has 90 valence electrons. The lowest BCUT2D eigenvalue weighted by molar-refractivity contribution is 0.0264. The third-order valence-corrected chi connectivity index (χ3v) is 4.08. The predicted octanol–water partition coefficient (Wildman–Crippen LogP) is -0.285. The van der Waals surface area contributed by atoms with Crippen molar-refractivity contribution in [2.45, 2.75) is 19.8 Å². The molecule has 5 nitrogen and oxygen atoms in total. The van der Waals surface area contributed by atoms with Crippen LogP contribution in [0.4, 0.5) is 0 Å². The molecule has 1 saturated heterocycles. The van der Waals surface area contributed by atoms with Gasteiger partial charge in [-0.3, -0.25) is 0 Å². The summed E-state index contributed by atoms with van der Waals surface area (Å²) in [6.07, 6.45) is 1.74. The van der Waals surface area contributed by atoms with E-state index < -0.39 is 10.0 Å². The monoisotopic (exact) mass is 237 g/mol. The van der Waals surface area contributed by atoms with E-state index in [1.54, 1.807) is 0 Å². The zero-order valence-corrected chi connectivity index (χ0v) is 9.85. The Hall–Kier alpha value is -0.170. The minimum absolute atomic E-state index is 0.0131. The molecule has 1 heterocycles. The molecule has 1 aliphatic rings. The Balaban J connectivity index is 2.41. The van der Waals surface area contributed by atoms with Crippen molar-refractivity contribution < 1.29 is 18.3 Å². The summed E-state index contributed by atoms with van der Waals surface area (Å²) in [5.74, 6) is -0.223. The third kappa shape index (κ3) is 4.46. The van der Waals surface area contributed by atoms with Crippen LogP contribution in [-0.2, 0) is 14.8 Å². The van der Waals surface area contributed by atoms with Crippen LogP contribution in [0.2, 0.25) is 0 Å². The largest absolute Gasteiger partial charge is 0.395 e. The number of ether oxygens (including phenoxy) is 1. The lowest BCUT2D eigenvalue weighted by atomic mass is 9.83. The van der Waals surface area contributed by atoms with Gasteiger partial charge in [0.1, 0.15) is 0 Å². The Labute approximate surface area is 90.9 Å². The van der Waals surface area contributed by atoms with Gasteiger partial charge in [-0.15, -0.1) is 0 Å². The number of aliphatic hydroxyl groups excluding tert-OH is 1. The number of hydrogen-bond donors (Lipinski definition) is 2. The minimum atomic E-state index is -3.31. The molecule has 0 aromatic carbocycles. The van der Waals surface area contributed by atoms with E-state index in [4.69, 9.17) is 9.84 Å². The van der Waals surface area contributed by atoms with Crippen molar-refractivity contribution in [1.29, 1.82) is 0 Å². The molecule has 0 radical (unpaired) electrons. The van der Waals surface area contributed by atoms with Gasteiger partial charge in [-0.05, 0) is 18.3 Å². The van der Waals surface area contributed by atoms with E-state index in [9.17, 15) is 8.42 Å². The molecule has 0 aromatic heterocycles. The Morgan fingerprint density at radius 1 is 1.40 bits per heavy atom. The van der Waals surface area contributed by atoms with Crippen LogP contribution in [0, 0.1) is 5.41 Å². The molecule has 0 atom stereocenters. The number of rotatable bonds is 5. The maximum atomic E-state index is 11.3. The molecule has 0 unspecified atom stereocenters. The summed E-state index contributed by atoms with van der Waals surface area (Å²) in [5.41, 5.74) is -0.0131. The lowest BCUT2D eigenvalue weighted by Gasteiger charge is -2.33. The van der Waals surface area contributed by atoms with Crippen LogP contribution in [0.1, 0.15) is 19.8 Å². The van der Waals surface area contributed by atoms with E-state index in [-0.39, 0.29) is 17.8 Å². The molecule has 0 amide bonds. The Bertz CT molecular complexity index is 282. The second kappa shape index (κ2) is 5.25. The molecule has 1 rings (SSSR count). The van der Waals surface area contributed by atoms with Crippen LogP contribution < -0.4 is 4.72 Å². The standard InChI is InChI=1S/C9H19NO4S/c1-9(2-5-14-6-3-9)8-10-15(12,13)7-4-11/h10-11H,2-8H2,1H3. The first-order chi connectivity index (χ1) is 6.97. The van der Waals surface area contributed by atoms with Gasteiger partial charge in [0.15, 0.2) is 0 Å². The van der Waals surface area contributed by atoms with Gasteiger partial charge in [0.2, 0.25) is 10.0 Å². The summed E-state index contributed by atoms with van der Waals surface area (Å²) in [5, 5.41) is 8.56. The van der Waals surface area contributed by atoms with Gasteiger partial charge < -0.3 is 9.84 Å². The molecule has 0 aliphatic carbocycles. The first-order valence-electron chi connectivity index (χ1n) is 5.13. The van der Waals surface area contributed by atoms with Crippen LogP contribution in [0.15, 0.2) is 0 Å². The molecule has 0 bridgehead atoms. The van der Waals surface area contributed by atoms with E-state index >= 15 is 0 Å². The fourth-order valence-corrected chi connectivity index (χ4v) is 2.47. The molecule has 0 saturated carbocycles. The van der Waals surface area contributed by atoms with Gasteiger partial charge in [0.25, 0.3) is 0 Å². The van der Waals surface area contributed by atoms with Crippen molar-refractivity contribution in [2.75, 3.05) is 32.1 Å². The molecule has 1 aliphatic heterocycles. The Morgan fingerprint density at radius 2 is 2.00 bits per heavy atom. The summed E-state index contributed by atoms with van der Waals surface area (Å²) in [6, 6.07) is 0. The smallest absolute Gasteiger partial charge is 0.213 e. The van der Waals surface area contributed by atoms with Gasteiger partial charge in [-0.25, -0.2) is 13.1 Å². The first kappa shape index (κ1) is 12.9. The molecule has 2 N–H and O–H groups in total. The van der Waals surface area contributed by atoms with Crippen LogP contribution in [0.25, 0.3) is 0 Å². The third-order valence-electron chi connectivity index (χ3n) is 2.78. The number of aliphatic hydroxyl groups is 1. The Morgan fingerprint density at radius 3 is 2.53 bits per heavy atom. The predicted molar refractivity (Wildman–Crippen MR) is 57.0 cm³/mol.